The first-order valence-corrected chi connectivity index (χ1v) is 35.9. The van der Waals surface area contributed by atoms with E-state index < -0.39 is 0 Å². The van der Waals surface area contributed by atoms with Crippen LogP contribution in [0.4, 0.5) is 0 Å². The van der Waals surface area contributed by atoms with Crippen molar-refractivity contribution >= 4 is 276 Å². The smallest absolute Gasteiger partial charge is 0.0372 e. The molecule has 0 bridgehead atoms. The van der Waals surface area contributed by atoms with Gasteiger partial charge in [-0.3, -0.25) is 0 Å². The zero-order valence-electron chi connectivity index (χ0n) is 50.6. The Kier molecular flexibility index (Phi) is 4.61. The van der Waals surface area contributed by atoms with E-state index in [2.05, 4.69) is 127 Å². The first kappa shape index (κ1) is 40.6. The van der Waals surface area contributed by atoms with Gasteiger partial charge >= 0.3 is 0 Å². The molecule has 0 fully saturated rings. The number of benzene rings is 24. The molecule has 37 rings (SSSR count). The lowest BCUT2D eigenvalue weighted by Crippen LogP contribution is -2.43. The Morgan fingerprint density at radius 2 is 0.740 bits per heavy atom. The Morgan fingerprint density at radius 3 is 1.39 bits per heavy atom. The molecule has 13 aliphatic rings. The summed E-state index contributed by atoms with van der Waals surface area (Å²) >= 11 is 0. The van der Waals surface area contributed by atoms with E-state index in [-0.39, 0.29) is 17.8 Å². The average molecular weight is 1190 g/mol. The molecule has 0 nitrogen and oxygen atoms in total. The minimum absolute atomic E-state index is 0.0971. The summed E-state index contributed by atoms with van der Waals surface area (Å²) in [4.78, 5) is 0. The fraction of sp³-hybridized carbons (Fsp3) is 0.0833. The third-order valence-electron chi connectivity index (χ3n) is 31.3. The number of rotatable bonds is 0. The van der Waals surface area contributed by atoms with Crippen LogP contribution in [-0.4, -0.2) is 0 Å². The molecule has 0 radical (unpaired) electrons. The molecule has 96 heavy (non-hydrogen) atoms. The van der Waals surface area contributed by atoms with Crippen molar-refractivity contribution in [2.45, 2.75) is 42.9 Å². The van der Waals surface area contributed by atoms with Crippen LogP contribution in [0.3, 0.4) is 0 Å². The highest BCUT2D eigenvalue weighted by molar-refractivity contribution is 6.70. The lowest BCUT2D eigenvalue weighted by atomic mass is 9.48. The van der Waals surface area contributed by atoms with Gasteiger partial charge in [0.2, 0.25) is 0 Å². The number of hydrogen-bond donors (Lipinski definition) is 0. The first-order chi connectivity index (χ1) is 47.7. The highest BCUT2D eigenvalue weighted by Gasteiger charge is 2.58. The van der Waals surface area contributed by atoms with Crippen LogP contribution in [0.1, 0.15) is 97.7 Å². The highest BCUT2D eigenvalue weighted by Crippen LogP contribution is 2.77. The average Bonchev–Trinajstić information content (AvgIpc) is 0.607. The van der Waals surface area contributed by atoms with Crippen molar-refractivity contribution in [1.29, 1.82) is 0 Å². The monoisotopic (exact) mass is 1180 g/mol. The normalized spacial score (nSPS) is 22.9. The Morgan fingerprint density at radius 1 is 0.260 bits per heavy atom. The predicted octanol–water partition coefficient (Wildman–Crippen LogP) is 23.2. The van der Waals surface area contributed by atoms with Crippen molar-refractivity contribution in [3.05, 3.63) is 215 Å². The van der Waals surface area contributed by atoms with Crippen molar-refractivity contribution in [2.24, 2.45) is 5.92 Å². The van der Waals surface area contributed by atoms with Gasteiger partial charge in [0.25, 0.3) is 0 Å². The molecule has 0 spiro atoms. The fourth-order valence-corrected chi connectivity index (χ4v) is 29.6. The van der Waals surface area contributed by atoms with Crippen LogP contribution in [0.15, 0.2) is 144 Å². The maximum Gasteiger partial charge on any atom is 0.0372 e. The largest absolute Gasteiger partial charge is 0.0759 e. The Labute approximate surface area is 536 Å². The van der Waals surface area contributed by atoms with Crippen molar-refractivity contribution in [2.75, 3.05) is 0 Å². The second kappa shape index (κ2) is 10.9. The van der Waals surface area contributed by atoms with Crippen molar-refractivity contribution in [3.63, 3.8) is 0 Å². The third-order valence-corrected chi connectivity index (χ3v) is 31.3. The van der Waals surface area contributed by atoms with E-state index in [0.29, 0.717) is 11.8 Å². The van der Waals surface area contributed by atoms with E-state index in [1.54, 1.807) is 251 Å². The summed E-state index contributed by atoms with van der Waals surface area (Å²) in [5.41, 5.74) is 30.8. The van der Waals surface area contributed by atoms with Gasteiger partial charge in [-0.05, 0) is 420 Å². The van der Waals surface area contributed by atoms with E-state index in [9.17, 15) is 0 Å². The molecule has 0 N–H and O–H groups in total. The quantitative estimate of drug-likeness (QED) is 0.105. The summed E-state index contributed by atoms with van der Waals surface area (Å²) < 4.78 is 0. The van der Waals surface area contributed by atoms with E-state index >= 15 is 0 Å². The van der Waals surface area contributed by atoms with Gasteiger partial charge in [-0.2, -0.15) is 0 Å². The zero-order chi connectivity index (χ0) is 58.5. The van der Waals surface area contributed by atoms with Crippen LogP contribution >= 0.6 is 0 Å². The Hall–Kier alpha value is -11.4. The van der Waals surface area contributed by atoms with Crippen LogP contribution in [-0.2, 0) is 6.42 Å². The van der Waals surface area contributed by atoms with Crippen LogP contribution in [0, 0.1) is 5.92 Å². The summed E-state index contributed by atoms with van der Waals surface area (Å²) in [6.45, 7) is 0. The highest BCUT2D eigenvalue weighted by atomic mass is 14.6. The van der Waals surface area contributed by atoms with Gasteiger partial charge in [-0.1, -0.05) is 91.1 Å². The molecular weight excluding hydrogens is 1150 g/mol. The van der Waals surface area contributed by atoms with Gasteiger partial charge in [-0.25, -0.2) is 0 Å². The number of hydrogen-bond acceptors (Lipinski definition) is 0. The van der Waals surface area contributed by atoms with E-state index in [1.165, 1.54) is 113 Å². The van der Waals surface area contributed by atoms with Gasteiger partial charge in [-0.15, -0.1) is 0 Å². The molecule has 0 saturated heterocycles. The van der Waals surface area contributed by atoms with Gasteiger partial charge < -0.3 is 0 Å². The second-order valence-corrected chi connectivity index (χ2v) is 33.6. The summed E-state index contributed by atoms with van der Waals surface area (Å²) in [5.74, 6) is 1.15. The van der Waals surface area contributed by atoms with Crippen molar-refractivity contribution in [1.82, 2.24) is 0 Å². The summed E-state index contributed by atoms with van der Waals surface area (Å²) in [6, 6.07) is 33.9. The molecule has 0 aliphatic heterocycles. The van der Waals surface area contributed by atoms with Gasteiger partial charge in [0.15, 0.2) is 0 Å². The van der Waals surface area contributed by atoms with Crippen LogP contribution in [0.2, 0.25) is 0 Å². The third kappa shape index (κ3) is 3.02. The minimum atomic E-state index is 0.0971. The molecule has 0 aromatic heterocycles. The molecule has 5 atom stereocenters. The maximum absolute atomic E-state index is 2.78. The first-order valence-electron chi connectivity index (χ1n) is 35.9. The Balaban J connectivity index is 0.990. The summed E-state index contributed by atoms with van der Waals surface area (Å²) in [5, 5.41) is 74.5. The van der Waals surface area contributed by atoms with Crippen molar-refractivity contribution < 1.29 is 0 Å². The maximum atomic E-state index is 2.78. The predicted molar refractivity (Wildman–Crippen MR) is 403 cm³/mol. The Bertz CT molecular complexity index is 9180. The van der Waals surface area contributed by atoms with Gasteiger partial charge in [0.05, 0.1) is 0 Å². The molecule has 24 aromatic rings. The lowest BCUT2D eigenvalue weighted by molar-refractivity contribution is 0.502. The van der Waals surface area contributed by atoms with Gasteiger partial charge in [0.1, 0.15) is 0 Å². The van der Waals surface area contributed by atoms with Crippen LogP contribution in [0.5, 0.6) is 0 Å². The SMILES string of the molecule is C1=Cc2cc3cc4ccc5cc6cc7ccc8cc9cc%10ccc%11cc%12c%13c%14c%15c%16c%17c%18c%19c%20c%21c%22c%23c%24c%25c%21c%21c%26c%27c%28c(c3c(c2C%24C1=CC=%23CC1=C%22C2C(=CC(=CC=%16CC=C%15C%12)C%17C%202)C=C1)C%25%27)c4c5c1c6c2c7c8c3c9c4c%10c%11c%13c5c(c%18%14)c(c%19%21)c6c%26c(c%281)c2c3c6c45. The van der Waals surface area contributed by atoms with E-state index in [0.717, 1.165) is 19.3 Å². The molecule has 0 heterocycles. The molecular formula is C96H32. The van der Waals surface area contributed by atoms with E-state index in [1.807, 2.05) is 0 Å². The minimum Gasteiger partial charge on any atom is -0.0759 e. The molecule has 0 amide bonds. The molecule has 0 heteroatoms. The molecule has 5 unspecified atom stereocenters. The molecule has 13 aliphatic carbocycles. The van der Waals surface area contributed by atoms with Gasteiger partial charge in [0, 0.05) is 29.6 Å². The number of allylic oxidation sites excluding steroid dienone is 13. The standard InChI is InChI=1S/C96H32/c1-2-26-14-38-16-28-5-6-30-18-40-20-32-9-11-35-23-42-24-36-12-10-34-22-41-21-33-8-7-31-19-39-17-29-4-3-27-15-37-13-25(1)43-44(26)62-56(38)64-46(28)48(30)66-58(40)68-51(32)53(35)71-60(42)72-54(36)52(34)70-59(41)69-50(33)49(31)67-57(39)65-47(29)45(27)63-55(37)61(43)73-74(62)86-76(64)78(66)88-81(68)83(71)90-84(72)82(70)89-80(69)79(67)87-77(65)75(63)85(73)91-92(86)94(88)96(90)95(89)93(87)91/h1-11,13-19,21,23-24,48,53,60,71,76H,12,20,22H2. The molecule has 416 valence electrons. The molecule has 0 saturated carbocycles. The van der Waals surface area contributed by atoms with E-state index in [4.69, 9.17) is 0 Å². The fourth-order valence-electron chi connectivity index (χ4n) is 29.6. The molecule has 24 aromatic carbocycles. The topological polar surface area (TPSA) is 0 Å². The zero-order valence-corrected chi connectivity index (χ0v) is 50.6. The summed E-state index contributed by atoms with van der Waals surface area (Å²) in [7, 11) is 0. The van der Waals surface area contributed by atoms with Crippen LogP contribution < -0.4 is 10.4 Å². The van der Waals surface area contributed by atoms with Crippen LogP contribution in [0.25, 0.3) is 276 Å². The lowest BCUT2D eigenvalue weighted by Gasteiger charge is -2.54. The second-order valence-electron chi connectivity index (χ2n) is 33.6. The van der Waals surface area contributed by atoms with Crippen molar-refractivity contribution in [3.8, 4) is 0 Å². The summed E-state index contributed by atoms with van der Waals surface area (Å²) in [6.07, 6.45) is 24.5.